The molecule has 3 aromatic rings. The van der Waals surface area contributed by atoms with Gasteiger partial charge in [-0.15, -0.1) is 0 Å². The highest BCUT2D eigenvalue weighted by Crippen LogP contribution is 2.40. The highest BCUT2D eigenvalue weighted by atomic mass is 19.4. The van der Waals surface area contributed by atoms with Crippen LogP contribution in [0.3, 0.4) is 0 Å². The molecule has 0 saturated carbocycles. The average Bonchev–Trinajstić information content (AvgIpc) is 3.00. The molecule has 12 heteroatoms. The Labute approximate surface area is 225 Å². The van der Waals surface area contributed by atoms with Crippen LogP contribution in [-0.4, -0.2) is 29.5 Å². The van der Waals surface area contributed by atoms with Crippen molar-refractivity contribution in [2.45, 2.75) is 44.3 Å². The Morgan fingerprint density at radius 1 is 0.925 bits per heavy atom. The number of nitrogens with one attached hydrogen (secondary N) is 2. The lowest BCUT2D eigenvalue weighted by molar-refractivity contribution is -0.143. The lowest BCUT2D eigenvalue weighted by atomic mass is 9.92. The smallest absolute Gasteiger partial charge is 0.387 e. The van der Waals surface area contributed by atoms with Gasteiger partial charge in [-0.25, -0.2) is 5.01 Å². The molecule has 1 aliphatic heterocycles. The fourth-order valence-corrected chi connectivity index (χ4v) is 4.45. The van der Waals surface area contributed by atoms with Crippen molar-refractivity contribution in [3.05, 3.63) is 89.0 Å². The van der Waals surface area contributed by atoms with Crippen molar-refractivity contribution in [3.8, 4) is 11.1 Å². The molecule has 1 aliphatic rings. The fraction of sp³-hybridized carbons (Fsp3) is 0.286. The zero-order chi connectivity index (χ0) is 29.4. The Bertz CT molecular complexity index is 1390. The average molecular weight is 566 g/mol. The molecule has 0 aromatic heterocycles. The summed E-state index contributed by atoms with van der Waals surface area (Å²) in [5.41, 5.74) is 1.54. The van der Waals surface area contributed by atoms with E-state index in [0.29, 0.717) is 23.4 Å². The van der Waals surface area contributed by atoms with E-state index in [1.54, 1.807) is 37.3 Å². The van der Waals surface area contributed by atoms with E-state index >= 15 is 0 Å². The summed E-state index contributed by atoms with van der Waals surface area (Å²) in [5, 5.41) is 14.1. The first kappa shape index (κ1) is 29.1. The monoisotopic (exact) mass is 565 g/mol. The minimum Gasteiger partial charge on any atom is -0.387 e. The van der Waals surface area contributed by atoms with E-state index in [2.05, 4.69) is 10.7 Å². The minimum absolute atomic E-state index is 0.0327. The van der Waals surface area contributed by atoms with Gasteiger partial charge in [-0.3, -0.25) is 15.0 Å². The molecule has 3 atom stereocenters. The number of carbonyl (C=O) groups is 2. The lowest BCUT2D eigenvalue weighted by Crippen LogP contribution is -2.53. The molecule has 212 valence electrons. The van der Waals surface area contributed by atoms with Crippen LogP contribution >= 0.6 is 0 Å². The molecule has 3 aromatic carbocycles. The minimum atomic E-state index is -5.07. The fourth-order valence-electron chi connectivity index (χ4n) is 4.45. The Morgan fingerprint density at radius 2 is 1.48 bits per heavy atom. The number of aliphatic hydroxyl groups is 1. The zero-order valence-electron chi connectivity index (χ0n) is 21.3. The third-order valence-electron chi connectivity index (χ3n) is 6.68. The first-order chi connectivity index (χ1) is 18.7. The first-order valence-corrected chi connectivity index (χ1v) is 12.2. The standard InChI is InChI=1S/C28H25F6N3O3/c1-15-20-7-3-4-8-21(20)22-9-5-6-10-23(22)37(26(15)40)36-25(39)16(2)35-14-24(38)17-11-18(27(29,30)31)13-19(12-17)28(32,33)34/h3-13,15-16,24,35,38H,14H2,1-2H3,(H,36,39)/t15?,16-,24+/m0/s1. The van der Waals surface area contributed by atoms with Crippen molar-refractivity contribution in [1.82, 2.24) is 10.7 Å². The van der Waals surface area contributed by atoms with Gasteiger partial charge in [-0.05, 0) is 54.8 Å². The number of anilines is 1. The van der Waals surface area contributed by atoms with Crippen LogP contribution in [0.25, 0.3) is 11.1 Å². The number of carbonyl (C=O) groups excluding carboxylic acids is 2. The Morgan fingerprint density at radius 3 is 2.08 bits per heavy atom. The van der Waals surface area contributed by atoms with Gasteiger partial charge in [0.05, 0.1) is 34.9 Å². The van der Waals surface area contributed by atoms with Crippen molar-refractivity contribution in [1.29, 1.82) is 0 Å². The molecule has 1 unspecified atom stereocenters. The summed E-state index contributed by atoms with van der Waals surface area (Å²) in [5.74, 6) is -1.74. The highest BCUT2D eigenvalue weighted by Gasteiger charge is 2.38. The molecule has 2 amide bonds. The quantitative estimate of drug-likeness (QED) is 0.341. The summed E-state index contributed by atoms with van der Waals surface area (Å²) in [7, 11) is 0. The number of rotatable bonds is 6. The van der Waals surface area contributed by atoms with Crippen LogP contribution in [-0.2, 0) is 21.9 Å². The molecule has 0 fully saturated rings. The van der Waals surface area contributed by atoms with Gasteiger partial charge in [-0.1, -0.05) is 42.5 Å². The van der Waals surface area contributed by atoms with Gasteiger partial charge in [0.2, 0.25) is 0 Å². The Hall–Kier alpha value is -3.90. The zero-order valence-corrected chi connectivity index (χ0v) is 21.3. The number of nitrogens with zero attached hydrogens (tertiary/aromatic N) is 1. The molecule has 0 saturated heterocycles. The van der Waals surface area contributed by atoms with Gasteiger partial charge >= 0.3 is 12.4 Å². The topological polar surface area (TPSA) is 81.7 Å². The summed E-state index contributed by atoms with van der Waals surface area (Å²) in [6.45, 7) is 2.54. The van der Waals surface area contributed by atoms with Gasteiger partial charge < -0.3 is 10.4 Å². The van der Waals surface area contributed by atoms with E-state index in [9.17, 15) is 41.0 Å². The van der Waals surface area contributed by atoms with Crippen LogP contribution in [0.4, 0.5) is 32.0 Å². The molecule has 1 heterocycles. The summed E-state index contributed by atoms with van der Waals surface area (Å²) >= 11 is 0. The number of hydrogen-bond acceptors (Lipinski definition) is 4. The van der Waals surface area contributed by atoms with E-state index < -0.39 is 65.5 Å². The summed E-state index contributed by atoms with van der Waals surface area (Å²) in [6.07, 6.45) is -11.9. The van der Waals surface area contributed by atoms with Crippen molar-refractivity contribution in [2.24, 2.45) is 0 Å². The van der Waals surface area contributed by atoms with Gasteiger partial charge in [0.1, 0.15) is 0 Å². The number of hydrazine groups is 1. The Kier molecular flexibility index (Phi) is 7.95. The summed E-state index contributed by atoms with van der Waals surface area (Å²) in [4.78, 5) is 26.4. The maximum absolute atomic E-state index is 13.4. The van der Waals surface area contributed by atoms with Crippen molar-refractivity contribution >= 4 is 17.5 Å². The number of benzene rings is 3. The van der Waals surface area contributed by atoms with Gasteiger partial charge in [-0.2, -0.15) is 26.3 Å². The van der Waals surface area contributed by atoms with E-state index in [0.717, 1.165) is 16.1 Å². The van der Waals surface area contributed by atoms with Crippen molar-refractivity contribution < 1.29 is 41.0 Å². The molecule has 0 spiro atoms. The predicted molar refractivity (Wildman–Crippen MR) is 135 cm³/mol. The van der Waals surface area contributed by atoms with Crippen molar-refractivity contribution in [2.75, 3.05) is 11.6 Å². The van der Waals surface area contributed by atoms with Crippen LogP contribution in [0.2, 0.25) is 0 Å². The van der Waals surface area contributed by atoms with Crippen LogP contribution in [0, 0.1) is 0 Å². The van der Waals surface area contributed by atoms with E-state index in [1.807, 2.05) is 18.2 Å². The maximum atomic E-state index is 13.4. The summed E-state index contributed by atoms with van der Waals surface area (Å²) in [6, 6.07) is 14.0. The number of para-hydroxylation sites is 1. The number of amides is 2. The SMILES string of the molecule is CC1C(=O)N(NC(=O)[C@H](C)NC[C@@H](O)c2cc(C(F)(F)F)cc(C(F)(F)F)c2)c2ccccc2-c2ccccc21. The molecule has 0 aliphatic carbocycles. The molecule has 0 radical (unpaired) electrons. The van der Waals surface area contributed by atoms with Crippen LogP contribution in [0.15, 0.2) is 66.7 Å². The lowest BCUT2D eigenvalue weighted by Gasteiger charge is -2.27. The molecule has 4 rings (SSSR count). The highest BCUT2D eigenvalue weighted by molar-refractivity contribution is 6.06. The van der Waals surface area contributed by atoms with E-state index in [-0.39, 0.29) is 6.07 Å². The van der Waals surface area contributed by atoms with Crippen LogP contribution < -0.4 is 15.8 Å². The normalized spacial score (nSPS) is 17.0. The van der Waals surface area contributed by atoms with E-state index in [1.165, 1.54) is 6.92 Å². The van der Waals surface area contributed by atoms with Crippen LogP contribution in [0.5, 0.6) is 0 Å². The molecule has 0 bridgehead atoms. The van der Waals surface area contributed by atoms with Gasteiger partial charge in [0.15, 0.2) is 0 Å². The number of fused-ring (bicyclic) bond motifs is 3. The van der Waals surface area contributed by atoms with Crippen LogP contribution in [0.1, 0.15) is 48.1 Å². The van der Waals surface area contributed by atoms with E-state index in [4.69, 9.17) is 0 Å². The Balaban J connectivity index is 1.51. The number of halogens is 6. The maximum Gasteiger partial charge on any atom is 0.416 e. The van der Waals surface area contributed by atoms with Crippen molar-refractivity contribution in [3.63, 3.8) is 0 Å². The molecule has 6 nitrogen and oxygen atoms in total. The molecule has 3 N–H and O–H groups in total. The number of aliphatic hydroxyl groups excluding tert-OH is 1. The number of alkyl halides is 6. The molecular weight excluding hydrogens is 540 g/mol. The second-order valence-electron chi connectivity index (χ2n) is 9.46. The second-order valence-corrected chi connectivity index (χ2v) is 9.46. The predicted octanol–water partition coefficient (Wildman–Crippen LogP) is 5.58. The van der Waals surface area contributed by atoms with Gasteiger partial charge in [0, 0.05) is 12.1 Å². The second kappa shape index (κ2) is 10.9. The third kappa shape index (κ3) is 5.97. The largest absolute Gasteiger partial charge is 0.416 e. The van der Waals surface area contributed by atoms with Gasteiger partial charge in [0.25, 0.3) is 11.8 Å². The molecular formula is C28H25F6N3O3. The first-order valence-electron chi connectivity index (χ1n) is 12.2. The molecule has 40 heavy (non-hydrogen) atoms. The third-order valence-corrected chi connectivity index (χ3v) is 6.68. The number of hydrogen-bond donors (Lipinski definition) is 3. The summed E-state index contributed by atoms with van der Waals surface area (Å²) < 4.78 is 79.0.